The maximum atomic E-state index is 13.7. The van der Waals surface area contributed by atoms with Crippen molar-refractivity contribution in [3.63, 3.8) is 0 Å². The number of carbonyl (C=O) groups excluding carboxylic acids is 2. The molecule has 1 aromatic heterocycles. The van der Waals surface area contributed by atoms with E-state index in [0.29, 0.717) is 71.2 Å². The normalized spacial score (nSPS) is 17.1. The molecule has 1 atom stereocenters. The number of hydrogen-bond acceptors (Lipinski definition) is 9. The van der Waals surface area contributed by atoms with Gasteiger partial charge in [0.15, 0.2) is 16.6 Å². The Kier molecular flexibility index (Phi) is 7.56. The minimum atomic E-state index is -0.951. The molecule has 45 heavy (non-hydrogen) atoms. The first-order valence-corrected chi connectivity index (χ1v) is 15.3. The second kappa shape index (κ2) is 12.0. The van der Waals surface area contributed by atoms with Crippen LogP contribution in [0.25, 0.3) is 16.0 Å². The van der Waals surface area contributed by atoms with Gasteiger partial charge in [-0.1, -0.05) is 53.8 Å². The van der Waals surface area contributed by atoms with E-state index in [0.717, 1.165) is 10.3 Å². The van der Waals surface area contributed by atoms with Crippen LogP contribution < -0.4 is 23.8 Å². The van der Waals surface area contributed by atoms with Gasteiger partial charge in [0.1, 0.15) is 37.1 Å². The molecule has 1 saturated heterocycles. The average molecular weight is 621 g/mol. The molecule has 0 radical (unpaired) electrons. The summed E-state index contributed by atoms with van der Waals surface area (Å²) in [6.07, 6.45) is 0. The summed E-state index contributed by atoms with van der Waals surface area (Å²) in [6.45, 7) is 3.59. The second-order valence-corrected chi connectivity index (χ2v) is 11.4. The SMILES string of the molecule is CCOc1ccc2nc(N3C(=O)C(=O)C(=C(O)c4ccc5c(c4)OCCO5)[C@@H]3c3ccc(OCc4ccccc4)cc3)sc2c1. The number of aliphatic hydroxyl groups excluding tert-OH is 1. The van der Waals surface area contributed by atoms with E-state index >= 15 is 0 Å². The van der Waals surface area contributed by atoms with Gasteiger partial charge in [-0.25, -0.2) is 4.98 Å². The first-order valence-electron chi connectivity index (χ1n) is 14.5. The monoisotopic (exact) mass is 620 g/mol. The zero-order chi connectivity index (χ0) is 30.9. The Bertz CT molecular complexity index is 1940. The molecular formula is C35H28N2O7S. The lowest BCUT2D eigenvalue weighted by atomic mass is 9.95. The molecule has 9 nitrogen and oxygen atoms in total. The second-order valence-electron chi connectivity index (χ2n) is 10.4. The van der Waals surface area contributed by atoms with Gasteiger partial charge in [-0.3, -0.25) is 14.5 Å². The standard InChI is InChI=1S/C35H28N2O7S/c1-2-41-25-13-14-26-29(19-25)45-35(36-26)37-31(22-8-11-24(12-9-22)44-20-21-6-4-3-5-7-21)30(33(39)34(37)40)32(38)23-10-15-27-28(18-23)43-17-16-42-27/h3-15,18-19,31,38H,2,16-17,20H2,1H3/t31-/m0/s1. The Morgan fingerprint density at radius 2 is 1.67 bits per heavy atom. The highest BCUT2D eigenvalue weighted by molar-refractivity contribution is 7.22. The number of anilines is 1. The fraction of sp³-hybridized carbons (Fsp3) is 0.171. The molecule has 1 amide bonds. The summed E-state index contributed by atoms with van der Waals surface area (Å²) in [7, 11) is 0. The number of ketones is 1. The molecule has 0 aliphatic carbocycles. The highest BCUT2D eigenvalue weighted by atomic mass is 32.1. The number of aliphatic hydroxyl groups is 1. The van der Waals surface area contributed by atoms with E-state index in [9.17, 15) is 14.7 Å². The van der Waals surface area contributed by atoms with Crippen molar-refractivity contribution in [2.24, 2.45) is 0 Å². The molecule has 0 spiro atoms. The van der Waals surface area contributed by atoms with Gasteiger partial charge in [-0.15, -0.1) is 0 Å². The van der Waals surface area contributed by atoms with Crippen LogP contribution in [0.15, 0.2) is 96.6 Å². The third kappa shape index (κ3) is 5.44. The highest BCUT2D eigenvalue weighted by Crippen LogP contribution is 2.45. The van der Waals surface area contributed by atoms with Crippen LogP contribution in [0.3, 0.4) is 0 Å². The van der Waals surface area contributed by atoms with Crippen LogP contribution in [0.1, 0.15) is 29.7 Å². The number of benzene rings is 4. The van der Waals surface area contributed by atoms with Crippen molar-refractivity contribution in [1.82, 2.24) is 4.98 Å². The summed E-state index contributed by atoms with van der Waals surface area (Å²) in [5.74, 6) is 0.382. The molecule has 1 fully saturated rings. The van der Waals surface area contributed by atoms with Gasteiger partial charge in [-0.2, -0.15) is 0 Å². The van der Waals surface area contributed by atoms with Gasteiger partial charge in [0.2, 0.25) is 0 Å². The number of hydrogen-bond donors (Lipinski definition) is 1. The van der Waals surface area contributed by atoms with Crippen LogP contribution in [0.4, 0.5) is 5.13 Å². The first-order chi connectivity index (χ1) is 22.0. The van der Waals surface area contributed by atoms with Crippen LogP contribution in [0.2, 0.25) is 0 Å². The molecule has 2 aliphatic rings. The number of thiazole rings is 1. The molecule has 226 valence electrons. The summed E-state index contributed by atoms with van der Waals surface area (Å²) in [5.41, 5.74) is 2.57. The molecule has 2 aliphatic heterocycles. The average Bonchev–Trinajstić information content (AvgIpc) is 3.61. The molecule has 0 saturated carbocycles. The first kappa shape index (κ1) is 28.4. The van der Waals surface area contributed by atoms with Gasteiger partial charge in [0.25, 0.3) is 5.78 Å². The van der Waals surface area contributed by atoms with Crippen LogP contribution in [0.5, 0.6) is 23.0 Å². The van der Waals surface area contributed by atoms with Crippen LogP contribution >= 0.6 is 11.3 Å². The maximum absolute atomic E-state index is 13.7. The van der Waals surface area contributed by atoms with E-state index in [4.69, 9.17) is 23.9 Å². The highest BCUT2D eigenvalue weighted by Gasteiger charge is 2.48. The number of fused-ring (bicyclic) bond motifs is 2. The van der Waals surface area contributed by atoms with Crippen LogP contribution in [-0.4, -0.2) is 41.6 Å². The molecular weight excluding hydrogens is 592 g/mol. The molecule has 0 bridgehead atoms. The molecule has 0 unspecified atom stereocenters. The third-order valence-corrected chi connectivity index (χ3v) is 8.59. The summed E-state index contributed by atoms with van der Waals surface area (Å²) >= 11 is 1.27. The van der Waals surface area contributed by atoms with Gasteiger partial charge in [0.05, 0.1) is 28.4 Å². The van der Waals surface area contributed by atoms with Crippen LogP contribution in [-0.2, 0) is 16.2 Å². The predicted octanol–water partition coefficient (Wildman–Crippen LogP) is 6.67. The van der Waals surface area contributed by atoms with Gasteiger partial charge in [0, 0.05) is 5.56 Å². The quantitative estimate of drug-likeness (QED) is 0.116. The lowest BCUT2D eigenvalue weighted by molar-refractivity contribution is -0.132. The Labute approximate surface area is 262 Å². The lowest BCUT2D eigenvalue weighted by Crippen LogP contribution is -2.29. The predicted molar refractivity (Wildman–Crippen MR) is 170 cm³/mol. The number of Topliss-reactive ketones (excluding diaryl/α,β-unsaturated/α-hetero) is 1. The van der Waals surface area contributed by atoms with E-state index in [1.165, 1.54) is 16.2 Å². The summed E-state index contributed by atoms with van der Waals surface area (Å²) in [4.78, 5) is 33.5. The van der Waals surface area contributed by atoms with Crippen molar-refractivity contribution in [2.75, 3.05) is 24.7 Å². The van der Waals surface area contributed by atoms with Crippen LogP contribution in [0, 0.1) is 0 Å². The largest absolute Gasteiger partial charge is 0.507 e. The molecule has 1 N–H and O–H groups in total. The summed E-state index contributed by atoms with van der Waals surface area (Å²) in [5, 5.41) is 12.0. The number of amides is 1. The molecule has 7 rings (SSSR count). The van der Waals surface area contributed by atoms with Gasteiger partial charge >= 0.3 is 5.91 Å². The van der Waals surface area contributed by atoms with E-state index < -0.39 is 17.7 Å². The molecule has 10 heteroatoms. The molecule has 4 aromatic carbocycles. The number of rotatable bonds is 8. The summed E-state index contributed by atoms with van der Waals surface area (Å²) < 4.78 is 23.7. The third-order valence-electron chi connectivity index (χ3n) is 7.57. The molecule has 5 aromatic rings. The Morgan fingerprint density at radius 3 is 2.44 bits per heavy atom. The zero-order valence-corrected chi connectivity index (χ0v) is 25.1. The Morgan fingerprint density at radius 1 is 0.911 bits per heavy atom. The van der Waals surface area contributed by atoms with Crippen molar-refractivity contribution >= 4 is 44.1 Å². The number of carbonyl (C=O) groups is 2. The van der Waals surface area contributed by atoms with Crippen molar-refractivity contribution in [3.05, 3.63) is 113 Å². The fourth-order valence-electron chi connectivity index (χ4n) is 5.43. The van der Waals surface area contributed by atoms with E-state index in [-0.39, 0.29) is 11.3 Å². The topological polar surface area (TPSA) is 107 Å². The Hall–Kier alpha value is -5.35. The fourth-order valence-corrected chi connectivity index (χ4v) is 6.45. The minimum absolute atomic E-state index is 0.0520. The Balaban J connectivity index is 1.30. The van der Waals surface area contributed by atoms with Gasteiger partial charge in [-0.05, 0) is 66.6 Å². The van der Waals surface area contributed by atoms with Crippen molar-refractivity contribution in [1.29, 1.82) is 0 Å². The maximum Gasteiger partial charge on any atom is 0.301 e. The van der Waals surface area contributed by atoms with Crippen molar-refractivity contribution in [3.8, 4) is 23.0 Å². The smallest absolute Gasteiger partial charge is 0.301 e. The van der Waals surface area contributed by atoms with Crippen molar-refractivity contribution in [2.45, 2.75) is 19.6 Å². The summed E-state index contributed by atoms with van der Waals surface area (Å²) in [6, 6.07) is 26.4. The number of ether oxygens (including phenoxy) is 4. The zero-order valence-electron chi connectivity index (χ0n) is 24.3. The van der Waals surface area contributed by atoms with E-state index in [2.05, 4.69) is 0 Å². The van der Waals surface area contributed by atoms with E-state index in [1.807, 2.05) is 55.5 Å². The number of aromatic nitrogens is 1. The van der Waals surface area contributed by atoms with E-state index in [1.54, 1.807) is 42.5 Å². The minimum Gasteiger partial charge on any atom is -0.507 e. The molecule has 3 heterocycles. The van der Waals surface area contributed by atoms with Gasteiger partial charge < -0.3 is 24.1 Å². The van der Waals surface area contributed by atoms with Crippen molar-refractivity contribution < 1.29 is 33.6 Å². The lowest BCUT2D eigenvalue weighted by Gasteiger charge is -2.23. The number of nitrogens with zero attached hydrogens (tertiary/aromatic N) is 2.